The van der Waals surface area contributed by atoms with Crippen molar-refractivity contribution in [1.29, 1.82) is 0 Å². The van der Waals surface area contributed by atoms with E-state index in [-0.39, 0.29) is 25.5 Å². The molecule has 1 aliphatic rings. The first-order valence-corrected chi connectivity index (χ1v) is 12.7. The second-order valence-corrected chi connectivity index (χ2v) is 11.9. The van der Waals surface area contributed by atoms with Crippen LogP contribution in [0.25, 0.3) is 0 Å². The summed E-state index contributed by atoms with van der Waals surface area (Å²) in [7, 11) is -7.61. The van der Waals surface area contributed by atoms with Gasteiger partial charge in [0.25, 0.3) is 10.0 Å². The Hall–Kier alpha value is -1.32. The lowest BCUT2D eigenvalue weighted by Gasteiger charge is -2.34. The Labute approximate surface area is 181 Å². The lowest BCUT2D eigenvalue weighted by atomic mass is 9.94. The summed E-state index contributed by atoms with van der Waals surface area (Å²) in [5.41, 5.74) is 0.223. The molecule has 1 aliphatic heterocycles. The van der Waals surface area contributed by atoms with Crippen molar-refractivity contribution in [2.24, 2.45) is 11.8 Å². The summed E-state index contributed by atoms with van der Waals surface area (Å²) in [6.07, 6.45) is 0.999. The van der Waals surface area contributed by atoms with E-state index in [0.717, 1.165) is 6.42 Å². The fourth-order valence-corrected chi connectivity index (χ4v) is 7.04. The number of piperidine rings is 1. The number of rotatable bonds is 5. The van der Waals surface area contributed by atoms with Gasteiger partial charge in [0, 0.05) is 23.8 Å². The predicted octanol–water partition coefficient (Wildman–Crippen LogP) is 4.46. The van der Waals surface area contributed by atoms with Gasteiger partial charge in [-0.1, -0.05) is 37.0 Å². The van der Waals surface area contributed by atoms with Crippen LogP contribution in [0.3, 0.4) is 0 Å². The smallest absolute Gasteiger partial charge is 0.263 e. The van der Waals surface area contributed by atoms with Crippen LogP contribution in [0.4, 0.5) is 5.69 Å². The highest BCUT2D eigenvalue weighted by Gasteiger charge is 2.31. The molecule has 1 fully saturated rings. The van der Waals surface area contributed by atoms with Crippen LogP contribution in [-0.4, -0.2) is 34.2 Å². The van der Waals surface area contributed by atoms with Crippen LogP contribution in [0.1, 0.15) is 20.3 Å². The Bertz CT molecular complexity index is 1090. The minimum absolute atomic E-state index is 0.0365. The molecule has 0 unspecified atom stereocenters. The van der Waals surface area contributed by atoms with Crippen molar-refractivity contribution < 1.29 is 16.8 Å². The Morgan fingerprint density at radius 2 is 1.52 bits per heavy atom. The second-order valence-electron chi connectivity index (χ2n) is 7.47. The first kappa shape index (κ1) is 22.4. The quantitative estimate of drug-likeness (QED) is 0.689. The monoisotopic (exact) mass is 476 g/mol. The number of nitrogens with zero attached hydrogens (tertiary/aromatic N) is 1. The minimum atomic E-state index is -3.98. The highest BCUT2D eigenvalue weighted by molar-refractivity contribution is 7.92. The van der Waals surface area contributed by atoms with Gasteiger partial charge in [0.15, 0.2) is 0 Å². The van der Waals surface area contributed by atoms with Gasteiger partial charge in [0.2, 0.25) is 10.0 Å². The van der Waals surface area contributed by atoms with E-state index in [9.17, 15) is 16.8 Å². The molecule has 6 nitrogen and oxygen atoms in total. The molecule has 10 heteroatoms. The summed E-state index contributed by atoms with van der Waals surface area (Å²) in [6.45, 7) is 5.04. The van der Waals surface area contributed by atoms with Crippen molar-refractivity contribution >= 4 is 48.9 Å². The van der Waals surface area contributed by atoms with Crippen molar-refractivity contribution in [3.8, 4) is 0 Å². The highest BCUT2D eigenvalue weighted by atomic mass is 35.5. The molecular weight excluding hydrogens is 455 g/mol. The summed E-state index contributed by atoms with van der Waals surface area (Å²) in [5.74, 6) is 0.587. The van der Waals surface area contributed by atoms with E-state index in [0.29, 0.717) is 24.9 Å². The van der Waals surface area contributed by atoms with Gasteiger partial charge < -0.3 is 0 Å². The minimum Gasteiger partial charge on any atom is -0.280 e. The highest BCUT2D eigenvalue weighted by Crippen LogP contribution is 2.29. The topological polar surface area (TPSA) is 83.6 Å². The average molecular weight is 477 g/mol. The molecule has 0 aromatic heterocycles. The lowest BCUT2D eigenvalue weighted by Crippen LogP contribution is -2.42. The van der Waals surface area contributed by atoms with Crippen LogP contribution in [-0.2, 0) is 20.0 Å². The van der Waals surface area contributed by atoms with Crippen molar-refractivity contribution in [2.75, 3.05) is 17.8 Å². The molecule has 2 aromatic carbocycles. The molecular formula is C19H22Cl2N2O4S2. The Morgan fingerprint density at radius 1 is 0.931 bits per heavy atom. The molecule has 0 radical (unpaired) electrons. The third-order valence-electron chi connectivity index (χ3n) is 4.76. The van der Waals surface area contributed by atoms with Crippen molar-refractivity contribution in [1.82, 2.24) is 4.31 Å². The van der Waals surface area contributed by atoms with Gasteiger partial charge in [-0.15, -0.1) is 0 Å². The number of sulfonamides is 2. The van der Waals surface area contributed by atoms with Crippen molar-refractivity contribution in [3.63, 3.8) is 0 Å². The fourth-order valence-electron chi connectivity index (χ4n) is 3.54. The maximum atomic E-state index is 12.9. The number of hydrogen-bond acceptors (Lipinski definition) is 4. The third-order valence-corrected chi connectivity index (χ3v) is 8.71. The zero-order valence-corrected chi connectivity index (χ0v) is 19.1. The number of anilines is 1. The Morgan fingerprint density at radius 3 is 2.10 bits per heavy atom. The zero-order valence-electron chi connectivity index (χ0n) is 16.0. The van der Waals surface area contributed by atoms with Crippen molar-refractivity contribution in [2.45, 2.75) is 30.1 Å². The molecule has 1 saturated heterocycles. The van der Waals surface area contributed by atoms with E-state index in [4.69, 9.17) is 23.2 Å². The normalized spacial score (nSPS) is 21.1. The molecule has 0 bridgehead atoms. The molecule has 2 atom stereocenters. The molecule has 1 N–H and O–H groups in total. The molecule has 158 valence electrons. The van der Waals surface area contributed by atoms with Crippen molar-refractivity contribution in [3.05, 3.63) is 52.5 Å². The third kappa shape index (κ3) is 5.06. The van der Waals surface area contributed by atoms with Gasteiger partial charge in [0.1, 0.15) is 4.90 Å². The molecule has 29 heavy (non-hydrogen) atoms. The van der Waals surface area contributed by atoms with Crippen LogP contribution >= 0.6 is 23.2 Å². The molecule has 0 amide bonds. The van der Waals surface area contributed by atoms with Gasteiger partial charge in [-0.3, -0.25) is 4.72 Å². The molecule has 0 aliphatic carbocycles. The molecule has 2 aromatic rings. The largest absolute Gasteiger partial charge is 0.280 e. The predicted molar refractivity (Wildman–Crippen MR) is 115 cm³/mol. The number of nitrogens with one attached hydrogen (secondary N) is 1. The van der Waals surface area contributed by atoms with E-state index in [2.05, 4.69) is 4.72 Å². The van der Waals surface area contributed by atoms with Crippen LogP contribution < -0.4 is 4.72 Å². The Balaban J connectivity index is 1.82. The zero-order chi connectivity index (χ0) is 21.4. The van der Waals surface area contributed by atoms with Gasteiger partial charge in [-0.25, -0.2) is 16.8 Å². The summed E-state index contributed by atoms with van der Waals surface area (Å²) < 4.78 is 55.0. The number of benzene rings is 2. The van der Waals surface area contributed by atoms with Gasteiger partial charge in [-0.2, -0.15) is 4.31 Å². The van der Waals surface area contributed by atoms with Gasteiger partial charge in [0.05, 0.1) is 9.92 Å². The molecule has 1 heterocycles. The first-order valence-electron chi connectivity index (χ1n) is 9.07. The van der Waals surface area contributed by atoms with Crippen LogP contribution in [0.15, 0.2) is 52.3 Å². The van der Waals surface area contributed by atoms with Gasteiger partial charge in [-0.05, 0) is 60.7 Å². The first-order chi connectivity index (χ1) is 13.5. The van der Waals surface area contributed by atoms with Crippen LogP contribution in [0.2, 0.25) is 10.0 Å². The van der Waals surface area contributed by atoms with E-state index in [1.165, 1.54) is 46.8 Å². The van der Waals surface area contributed by atoms with Crippen LogP contribution in [0.5, 0.6) is 0 Å². The fraction of sp³-hybridized carbons (Fsp3) is 0.368. The van der Waals surface area contributed by atoms with E-state index in [1.807, 2.05) is 13.8 Å². The average Bonchev–Trinajstić information content (AvgIpc) is 2.63. The summed E-state index contributed by atoms with van der Waals surface area (Å²) in [5, 5.41) is 0.274. The van der Waals surface area contributed by atoms with E-state index >= 15 is 0 Å². The number of hydrogen-bond donors (Lipinski definition) is 1. The Kier molecular flexibility index (Phi) is 6.50. The van der Waals surface area contributed by atoms with Gasteiger partial charge >= 0.3 is 0 Å². The standard InChI is InChI=1S/C19H22Cl2N2O4S2/c1-13-9-14(2)12-23(11-13)29(26,27)17-6-4-16(5-7-17)22-28(24,25)19-10-15(20)3-8-18(19)21/h3-8,10,13-14,22H,9,11-12H2,1-2H3/t13-,14+. The molecule has 0 saturated carbocycles. The summed E-state index contributed by atoms with van der Waals surface area (Å²) in [4.78, 5) is -0.0257. The summed E-state index contributed by atoms with van der Waals surface area (Å²) >= 11 is 11.8. The maximum Gasteiger partial charge on any atom is 0.263 e. The van der Waals surface area contributed by atoms with Crippen LogP contribution in [0, 0.1) is 11.8 Å². The number of halogens is 2. The van der Waals surface area contributed by atoms with E-state index in [1.54, 1.807) is 0 Å². The summed E-state index contributed by atoms with van der Waals surface area (Å²) in [6, 6.07) is 9.77. The van der Waals surface area contributed by atoms with E-state index < -0.39 is 20.0 Å². The lowest BCUT2D eigenvalue weighted by molar-refractivity contribution is 0.222. The molecule has 3 rings (SSSR count). The second kappa shape index (κ2) is 8.43. The maximum absolute atomic E-state index is 12.9. The SMILES string of the molecule is C[C@@H]1C[C@H](C)CN(S(=O)(=O)c2ccc(NS(=O)(=O)c3cc(Cl)ccc3Cl)cc2)C1. The molecule has 0 spiro atoms.